The van der Waals surface area contributed by atoms with Crippen LogP contribution in [-0.4, -0.2) is 29.1 Å². The Labute approximate surface area is 227 Å². The molecule has 1 heterocycles. The number of fused-ring (bicyclic) bond motifs is 1. The summed E-state index contributed by atoms with van der Waals surface area (Å²) in [4.78, 5) is 28.4. The van der Waals surface area contributed by atoms with Gasteiger partial charge in [0.2, 0.25) is 5.91 Å². The van der Waals surface area contributed by atoms with Crippen molar-refractivity contribution in [3.05, 3.63) is 101 Å². The van der Waals surface area contributed by atoms with Gasteiger partial charge in [0, 0.05) is 22.6 Å². The van der Waals surface area contributed by atoms with Crippen molar-refractivity contribution in [2.45, 2.75) is 45.4 Å². The molecule has 0 radical (unpaired) electrons. The van der Waals surface area contributed by atoms with E-state index in [1.54, 1.807) is 20.8 Å². The number of rotatable bonds is 9. The molecular formula is C30H33ClN4O3. The van der Waals surface area contributed by atoms with Crippen molar-refractivity contribution >= 4 is 40.2 Å². The molecule has 0 aliphatic heterocycles. The second-order valence-electron chi connectivity index (χ2n) is 10.1. The normalized spacial score (nSPS) is 12.1. The number of alkyl carbamates (subject to hydrolysis) is 1. The molecular weight excluding hydrogens is 500 g/mol. The molecule has 0 saturated heterocycles. The van der Waals surface area contributed by atoms with E-state index in [9.17, 15) is 9.59 Å². The van der Waals surface area contributed by atoms with Crippen LogP contribution in [0.15, 0.2) is 78.9 Å². The Bertz CT molecular complexity index is 1380. The predicted molar refractivity (Wildman–Crippen MR) is 152 cm³/mol. The maximum Gasteiger partial charge on any atom is 0.408 e. The zero-order valence-corrected chi connectivity index (χ0v) is 22.6. The smallest absolute Gasteiger partial charge is 0.408 e. The molecule has 4 rings (SSSR count). The van der Waals surface area contributed by atoms with Gasteiger partial charge in [-0.25, -0.2) is 4.79 Å². The minimum Gasteiger partial charge on any atom is -0.444 e. The number of aromatic nitrogens is 1. The van der Waals surface area contributed by atoms with Crippen LogP contribution in [0, 0.1) is 0 Å². The summed E-state index contributed by atoms with van der Waals surface area (Å²) in [7, 11) is 0. The Morgan fingerprint density at radius 2 is 1.61 bits per heavy atom. The van der Waals surface area contributed by atoms with Crippen molar-refractivity contribution in [3.63, 3.8) is 0 Å². The number of hydrogen-bond donors (Lipinski definition) is 4. The molecule has 0 aliphatic rings. The maximum absolute atomic E-state index is 12.9. The first-order valence-electron chi connectivity index (χ1n) is 12.6. The number of hydrogen-bond acceptors (Lipinski definition) is 4. The number of halogens is 1. The van der Waals surface area contributed by atoms with E-state index in [2.05, 4.69) is 33.1 Å². The van der Waals surface area contributed by atoms with Crippen molar-refractivity contribution in [2.75, 3.05) is 11.9 Å². The van der Waals surface area contributed by atoms with Gasteiger partial charge in [0.15, 0.2) is 0 Å². The fourth-order valence-corrected chi connectivity index (χ4v) is 4.38. The predicted octanol–water partition coefficient (Wildman–Crippen LogP) is 6.36. The third-order valence-corrected chi connectivity index (χ3v) is 6.04. The van der Waals surface area contributed by atoms with Gasteiger partial charge in [-0.05, 0) is 56.5 Å². The van der Waals surface area contributed by atoms with E-state index in [1.807, 2.05) is 66.7 Å². The average Bonchev–Trinajstić information content (AvgIpc) is 3.30. The molecule has 8 heteroatoms. The standard InChI is InChI=1S/C30H33ClN4O3/c1-30(2,3)38-29(37)33-19-27(36)34-24(14-20-10-6-4-7-11-20)25-16-22-15-23(31)17-26(28(22)35-25)32-18-21-12-8-5-9-13-21/h4-13,15-17,24,32,35H,14,18-19H2,1-3H3,(H,33,37)(H,34,36). The van der Waals surface area contributed by atoms with E-state index in [-0.39, 0.29) is 18.5 Å². The van der Waals surface area contributed by atoms with Crippen LogP contribution in [0.4, 0.5) is 10.5 Å². The zero-order valence-electron chi connectivity index (χ0n) is 21.8. The van der Waals surface area contributed by atoms with Crippen LogP contribution in [0.1, 0.15) is 43.6 Å². The van der Waals surface area contributed by atoms with E-state index in [1.165, 1.54) is 0 Å². The lowest BCUT2D eigenvalue weighted by Gasteiger charge is -2.21. The van der Waals surface area contributed by atoms with Crippen molar-refractivity contribution in [1.29, 1.82) is 0 Å². The fraction of sp³-hybridized carbons (Fsp3) is 0.267. The summed E-state index contributed by atoms with van der Waals surface area (Å²) < 4.78 is 5.24. The number of anilines is 1. The largest absolute Gasteiger partial charge is 0.444 e. The van der Waals surface area contributed by atoms with E-state index in [4.69, 9.17) is 16.3 Å². The van der Waals surface area contributed by atoms with E-state index >= 15 is 0 Å². The highest BCUT2D eigenvalue weighted by molar-refractivity contribution is 6.31. The summed E-state index contributed by atoms with van der Waals surface area (Å²) >= 11 is 6.45. The Kier molecular flexibility index (Phi) is 8.59. The molecule has 0 saturated carbocycles. The lowest BCUT2D eigenvalue weighted by Crippen LogP contribution is -2.41. The third-order valence-electron chi connectivity index (χ3n) is 5.83. The van der Waals surface area contributed by atoms with Crippen LogP contribution in [0.2, 0.25) is 5.02 Å². The second kappa shape index (κ2) is 12.0. The molecule has 0 fully saturated rings. The summed E-state index contributed by atoms with van der Waals surface area (Å²) in [5, 5.41) is 10.6. The van der Waals surface area contributed by atoms with Gasteiger partial charge in [-0.2, -0.15) is 0 Å². The number of carbonyl (C=O) groups is 2. The molecule has 0 bridgehead atoms. The van der Waals surface area contributed by atoms with Gasteiger partial charge in [0.05, 0.1) is 17.2 Å². The average molecular weight is 533 g/mol. The molecule has 38 heavy (non-hydrogen) atoms. The first-order valence-corrected chi connectivity index (χ1v) is 12.9. The van der Waals surface area contributed by atoms with Crippen molar-refractivity contribution in [2.24, 2.45) is 0 Å². The topological polar surface area (TPSA) is 95.2 Å². The maximum atomic E-state index is 12.9. The Morgan fingerprint density at radius 3 is 2.26 bits per heavy atom. The Morgan fingerprint density at radius 1 is 0.947 bits per heavy atom. The van der Waals surface area contributed by atoms with Gasteiger partial charge < -0.3 is 25.7 Å². The van der Waals surface area contributed by atoms with Crippen molar-refractivity contribution in [1.82, 2.24) is 15.6 Å². The van der Waals surface area contributed by atoms with Crippen molar-refractivity contribution in [3.8, 4) is 0 Å². The first kappa shape index (κ1) is 27.1. The van der Waals surface area contributed by atoms with Crippen LogP contribution in [-0.2, 0) is 22.5 Å². The summed E-state index contributed by atoms with van der Waals surface area (Å²) in [6.07, 6.45) is -0.0755. The molecule has 7 nitrogen and oxygen atoms in total. The highest BCUT2D eigenvalue weighted by Gasteiger charge is 2.21. The van der Waals surface area contributed by atoms with Crippen LogP contribution < -0.4 is 16.0 Å². The Balaban J connectivity index is 1.55. The molecule has 0 spiro atoms. The zero-order chi connectivity index (χ0) is 27.1. The van der Waals surface area contributed by atoms with Gasteiger partial charge in [0.1, 0.15) is 12.1 Å². The van der Waals surface area contributed by atoms with E-state index in [0.29, 0.717) is 18.0 Å². The molecule has 4 N–H and O–H groups in total. The number of nitrogens with one attached hydrogen (secondary N) is 4. The van der Waals surface area contributed by atoms with E-state index in [0.717, 1.165) is 33.4 Å². The minimum absolute atomic E-state index is 0.198. The highest BCUT2D eigenvalue weighted by atomic mass is 35.5. The van der Waals surface area contributed by atoms with Crippen LogP contribution >= 0.6 is 11.6 Å². The SMILES string of the molecule is CC(C)(C)OC(=O)NCC(=O)NC(Cc1ccccc1)c1cc2cc(Cl)cc(NCc3ccccc3)c2[nH]1. The minimum atomic E-state index is -0.645. The molecule has 1 aromatic heterocycles. The molecule has 198 valence electrons. The number of aromatic amines is 1. The molecule has 0 aliphatic carbocycles. The van der Waals surface area contributed by atoms with Gasteiger partial charge in [-0.1, -0.05) is 72.3 Å². The highest BCUT2D eigenvalue weighted by Crippen LogP contribution is 2.31. The lowest BCUT2D eigenvalue weighted by atomic mass is 10.0. The number of H-pyrrole nitrogens is 1. The van der Waals surface area contributed by atoms with Gasteiger partial charge >= 0.3 is 6.09 Å². The molecule has 4 aromatic rings. The van der Waals surface area contributed by atoms with E-state index < -0.39 is 11.7 Å². The number of carbonyl (C=O) groups excluding carboxylic acids is 2. The number of benzene rings is 3. The molecule has 3 aromatic carbocycles. The van der Waals surface area contributed by atoms with Gasteiger partial charge in [-0.3, -0.25) is 4.79 Å². The van der Waals surface area contributed by atoms with Crippen LogP contribution in [0.3, 0.4) is 0 Å². The van der Waals surface area contributed by atoms with Gasteiger partial charge in [-0.15, -0.1) is 0 Å². The third kappa shape index (κ3) is 7.76. The second-order valence-corrected chi connectivity index (χ2v) is 10.6. The van der Waals surface area contributed by atoms with Crippen LogP contribution in [0.25, 0.3) is 10.9 Å². The molecule has 1 unspecified atom stereocenters. The summed E-state index contributed by atoms with van der Waals surface area (Å²) in [6.45, 7) is 5.76. The van der Waals surface area contributed by atoms with Crippen molar-refractivity contribution < 1.29 is 14.3 Å². The number of amides is 2. The summed E-state index contributed by atoms with van der Waals surface area (Å²) in [6, 6.07) is 25.5. The molecule has 2 amide bonds. The molecule has 1 atom stereocenters. The number of ether oxygens (including phenoxy) is 1. The van der Waals surface area contributed by atoms with Gasteiger partial charge in [0.25, 0.3) is 0 Å². The quantitative estimate of drug-likeness (QED) is 0.202. The summed E-state index contributed by atoms with van der Waals surface area (Å²) in [5.41, 5.74) is 4.18. The lowest BCUT2D eigenvalue weighted by molar-refractivity contribution is -0.121. The van der Waals surface area contributed by atoms with Crippen LogP contribution in [0.5, 0.6) is 0 Å². The summed E-state index contributed by atoms with van der Waals surface area (Å²) in [5.74, 6) is -0.323. The monoisotopic (exact) mass is 532 g/mol. The Hall–Kier alpha value is -3.97. The fourth-order valence-electron chi connectivity index (χ4n) is 4.15. The first-order chi connectivity index (χ1) is 18.2.